The Balaban J connectivity index is 1.24. The molecule has 10 heteroatoms. The number of phenolic OH excluding ortho intramolecular Hbond substituents is 1. The van der Waals surface area contributed by atoms with Gasteiger partial charge in [-0.2, -0.15) is 0 Å². The molecule has 0 fully saturated rings. The number of rotatable bonds is 10. The number of H-pyrrole nitrogens is 1. The minimum Gasteiger partial charge on any atom is -0.508 e. The highest BCUT2D eigenvalue weighted by Crippen LogP contribution is 2.28. The monoisotopic (exact) mass is 541 g/mol. The van der Waals surface area contributed by atoms with Crippen LogP contribution in [0.5, 0.6) is 11.5 Å². The van der Waals surface area contributed by atoms with Crippen LogP contribution in [-0.4, -0.2) is 56.3 Å². The largest absolute Gasteiger partial charge is 0.508 e. The van der Waals surface area contributed by atoms with E-state index >= 15 is 0 Å². The van der Waals surface area contributed by atoms with E-state index in [1.165, 1.54) is 0 Å². The van der Waals surface area contributed by atoms with Crippen molar-refractivity contribution in [1.29, 1.82) is 0 Å². The van der Waals surface area contributed by atoms with Gasteiger partial charge in [0.15, 0.2) is 0 Å². The second-order valence-electron chi connectivity index (χ2n) is 9.51. The molecule has 0 aliphatic carbocycles. The lowest BCUT2D eigenvalue weighted by atomic mass is 10.1. The summed E-state index contributed by atoms with van der Waals surface area (Å²) in [5.41, 5.74) is 3.96. The van der Waals surface area contributed by atoms with Crippen molar-refractivity contribution in [1.82, 2.24) is 24.8 Å². The zero-order valence-electron chi connectivity index (χ0n) is 22.6. The van der Waals surface area contributed by atoms with E-state index in [4.69, 9.17) is 14.5 Å². The molecule has 5 rings (SSSR count). The Morgan fingerprint density at radius 2 is 1.88 bits per heavy atom. The number of aryl methyl sites for hydroxylation is 1. The van der Waals surface area contributed by atoms with E-state index in [0.717, 1.165) is 34.6 Å². The van der Waals surface area contributed by atoms with E-state index < -0.39 is 5.97 Å². The highest BCUT2D eigenvalue weighted by Gasteiger charge is 2.21. The lowest BCUT2D eigenvalue weighted by molar-refractivity contribution is 0.0500. The van der Waals surface area contributed by atoms with Crippen LogP contribution in [0.25, 0.3) is 22.1 Å². The third-order valence-corrected chi connectivity index (χ3v) is 6.65. The minimum absolute atomic E-state index is 0.150. The van der Waals surface area contributed by atoms with Crippen molar-refractivity contribution in [3.05, 3.63) is 83.4 Å². The maximum Gasteiger partial charge on any atom is 0.341 e. The normalized spacial score (nSPS) is 12.0. The summed E-state index contributed by atoms with van der Waals surface area (Å²) in [5.74, 6) is 1.28. The van der Waals surface area contributed by atoms with Crippen LogP contribution in [-0.2, 0) is 11.8 Å². The number of ether oxygens (including phenoxy) is 2. The molecule has 0 aliphatic rings. The smallest absolute Gasteiger partial charge is 0.341 e. The molecule has 0 radical (unpaired) electrons. The molecule has 0 saturated heterocycles. The van der Waals surface area contributed by atoms with Crippen molar-refractivity contribution < 1.29 is 24.2 Å². The summed E-state index contributed by atoms with van der Waals surface area (Å²) in [6.45, 7) is 4.73. The number of aromatic nitrogens is 4. The molecule has 3 N–H and O–H groups in total. The van der Waals surface area contributed by atoms with Crippen molar-refractivity contribution in [2.45, 2.75) is 26.2 Å². The average molecular weight is 542 g/mol. The Hall–Kier alpha value is -4.86. The van der Waals surface area contributed by atoms with Gasteiger partial charge in [0.1, 0.15) is 35.3 Å². The number of para-hydroxylation sites is 1. The quantitative estimate of drug-likeness (QED) is 0.173. The maximum atomic E-state index is 12.9. The second kappa shape index (κ2) is 11.5. The zero-order valence-corrected chi connectivity index (χ0v) is 22.6. The molecule has 3 aromatic carbocycles. The summed E-state index contributed by atoms with van der Waals surface area (Å²) < 4.78 is 12.9. The SMILES string of the molecule is CCCOC(=O)c1ccccc1OCCNC(=O)c1ccc2nc(C(C)c3nc4cc(O)ccc4[nH]3)n(C)c2c1. The molecule has 40 heavy (non-hydrogen) atoms. The van der Waals surface area contributed by atoms with E-state index in [1.807, 2.05) is 37.6 Å². The molecular weight excluding hydrogens is 510 g/mol. The molecular formula is C30H31N5O5. The Morgan fingerprint density at radius 3 is 2.70 bits per heavy atom. The number of hydrogen-bond acceptors (Lipinski definition) is 7. The summed E-state index contributed by atoms with van der Waals surface area (Å²) in [7, 11) is 1.91. The highest BCUT2D eigenvalue weighted by atomic mass is 16.5. The topological polar surface area (TPSA) is 131 Å². The van der Waals surface area contributed by atoms with Gasteiger partial charge in [0.2, 0.25) is 0 Å². The van der Waals surface area contributed by atoms with E-state index in [0.29, 0.717) is 29.0 Å². The number of nitrogens with one attached hydrogen (secondary N) is 2. The summed E-state index contributed by atoms with van der Waals surface area (Å²) in [4.78, 5) is 37.9. The third kappa shape index (κ3) is 5.47. The molecule has 1 unspecified atom stereocenters. The van der Waals surface area contributed by atoms with E-state index in [2.05, 4.69) is 15.3 Å². The van der Waals surface area contributed by atoms with Crippen LogP contribution in [0.1, 0.15) is 58.6 Å². The second-order valence-corrected chi connectivity index (χ2v) is 9.51. The molecule has 0 aliphatic heterocycles. The van der Waals surface area contributed by atoms with Crippen LogP contribution < -0.4 is 10.1 Å². The van der Waals surface area contributed by atoms with Crippen LogP contribution in [0, 0.1) is 0 Å². The predicted molar refractivity (Wildman–Crippen MR) is 151 cm³/mol. The molecule has 0 saturated carbocycles. The number of nitrogens with zero attached hydrogens (tertiary/aromatic N) is 3. The van der Waals surface area contributed by atoms with Gasteiger partial charge < -0.3 is 29.4 Å². The lowest BCUT2D eigenvalue weighted by Crippen LogP contribution is -2.28. The standard InChI is InChI=1S/C30H31N5O5/c1-4-14-40-30(38)21-7-5-6-8-26(21)39-15-13-31-29(37)19-9-11-23-25(16-19)35(3)28(34-23)18(2)27-32-22-12-10-20(36)17-24(22)33-27/h5-12,16-18,36H,4,13-15H2,1-3H3,(H,31,37)(H,32,33). The van der Waals surface area contributed by atoms with Gasteiger partial charge in [-0.05, 0) is 55.8 Å². The first kappa shape index (κ1) is 26.7. The van der Waals surface area contributed by atoms with Crippen LogP contribution in [0.4, 0.5) is 0 Å². The number of phenols is 1. The summed E-state index contributed by atoms with van der Waals surface area (Å²) >= 11 is 0. The van der Waals surface area contributed by atoms with Crippen LogP contribution in [0.2, 0.25) is 0 Å². The number of carbonyl (C=O) groups excluding carboxylic acids is 2. The number of benzene rings is 3. The molecule has 2 heterocycles. The van der Waals surface area contributed by atoms with Crippen molar-refractivity contribution in [2.75, 3.05) is 19.8 Å². The lowest BCUT2D eigenvalue weighted by Gasteiger charge is -2.12. The first-order chi connectivity index (χ1) is 19.4. The Morgan fingerprint density at radius 1 is 1.05 bits per heavy atom. The Kier molecular flexibility index (Phi) is 7.68. The number of carbonyl (C=O) groups is 2. The van der Waals surface area contributed by atoms with Crippen LogP contribution in [0.15, 0.2) is 60.7 Å². The van der Waals surface area contributed by atoms with Gasteiger partial charge in [0, 0.05) is 18.7 Å². The molecule has 206 valence electrons. The highest BCUT2D eigenvalue weighted by molar-refractivity contribution is 5.97. The van der Waals surface area contributed by atoms with Crippen molar-refractivity contribution in [3.8, 4) is 11.5 Å². The third-order valence-electron chi connectivity index (χ3n) is 6.65. The van der Waals surface area contributed by atoms with Gasteiger partial charge in [-0.1, -0.05) is 19.1 Å². The summed E-state index contributed by atoms with van der Waals surface area (Å²) in [6, 6.07) is 17.3. The van der Waals surface area contributed by atoms with E-state index in [1.54, 1.807) is 48.5 Å². The Bertz CT molecular complexity index is 1690. The first-order valence-corrected chi connectivity index (χ1v) is 13.2. The van der Waals surface area contributed by atoms with Crippen molar-refractivity contribution in [2.24, 2.45) is 7.05 Å². The van der Waals surface area contributed by atoms with Gasteiger partial charge in [-0.15, -0.1) is 0 Å². The number of fused-ring (bicyclic) bond motifs is 2. The number of esters is 1. The number of aromatic hydroxyl groups is 1. The fourth-order valence-corrected chi connectivity index (χ4v) is 4.54. The van der Waals surface area contributed by atoms with Gasteiger partial charge in [-0.25, -0.2) is 14.8 Å². The van der Waals surface area contributed by atoms with E-state index in [9.17, 15) is 14.7 Å². The van der Waals surface area contributed by atoms with Gasteiger partial charge in [-0.3, -0.25) is 4.79 Å². The predicted octanol–water partition coefficient (Wildman–Crippen LogP) is 4.68. The fourth-order valence-electron chi connectivity index (χ4n) is 4.54. The van der Waals surface area contributed by atoms with Gasteiger partial charge >= 0.3 is 5.97 Å². The molecule has 2 aromatic heterocycles. The number of amides is 1. The maximum absolute atomic E-state index is 12.9. The van der Waals surface area contributed by atoms with Crippen molar-refractivity contribution in [3.63, 3.8) is 0 Å². The van der Waals surface area contributed by atoms with Crippen LogP contribution in [0.3, 0.4) is 0 Å². The average Bonchev–Trinajstić information content (AvgIpc) is 3.54. The van der Waals surface area contributed by atoms with Gasteiger partial charge in [0.05, 0.1) is 41.1 Å². The first-order valence-electron chi connectivity index (χ1n) is 13.2. The minimum atomic E-state index is -0.431. The fraction of sp³-hybridized carbons (Fsp3) is 0.267. The number of hydrogen-bond donors (Lipinski definition) is 3. The number of imidazole rings is 2. The summed E-state index contributed by atoms with van der Waals surface area (Å²) in [6.07, 6.45) is 0.735. The molecule has 1 amide bonds. The Labute approximate surface area is 231 Å². The van der Waals surface area contributed by atoms with Crippen molar-refractivity contribution >= 4 is 33.9 Å². The molecule has 1 atom stereocenters. The number of aromatic amines is 1. The van der Waals surface area contributed by atoms with E-state index in [-0.39, 0.29) is 30.7 Å². The molecule has 10 nitrogen and oxygen atoms in total. The molecule has 5 aromatic rings. The summed E-state index contributed by atoms with van der Waals surface area (Å²) in [5, 5.41) is 12.6. The molecule has 0 bridgehead atoms. The zero-order chi connectivity index (χ0) is 28.2. The van der Waals surface area contributed by atoms with Crippen LogP contribution >= 0.6 is 0 Å². The molecule has 0 spiro atoms. The van der Waals surface area contributed by atoms with Gasteiger partial charge in [0.25, 0.3) is 5.91 Å².